The zero-order chi connectivity index (χ0) is 19.3. The fourth-order valence-electron chi connectivity index (χ4n) is 2.70. The van der Waals surface area contributed by atoms with Gasteiger partial charge in [0.05, 0.1) is 12.8 Å². The molecule has 0 aromatic heterocycles. The maximum Gasteiger partial charge on any atom is 0.425 e. The number of ether oxygens (including phenoxy) is 1. The monoisotopic (exact) mass is 354 g/mol. The van der Waals surface area contributed by atoms with Gasteiger partial charge in [0.25, 0.3) is 0 Å². The lowest BCUT2D eigenvalue weighted by atomic mass is 9.74. The SMILES string of the molecule is CC(C)(C)CC(CC(C)(C)C)C(OC(=O)CCC(=O)O)C(F)(F)F. The van der Waals surface area contributed by atoms with Crippen LogP contribution in [0.15, 0.2) is 0 Å². The Morgan fingerprint density at radius 3 is 1.62 bits per heavy atom. The van der Waals surface area contributed by atoms with Crippen LogP contribution in [0.2, 0.25) is 0 Å². The van der Waals surface area contributed by atoms with E-state index in [1.807, 2.05) is 41.5 Å². The number of carbonyl (C=O) groups is 2. The topological polar surface area (TPSA) is 63.6 Å². The van der Waals surface area contributed by atoms with Crippen molar-refractivity contribution in [1.29, 1.82) is 0 Å². The van der Waals surface area contributed by atoms with Gasteiger partial charge in [-0.2, -0.15) is 13.2 Å². The number of hydrogen-bond donors (Lipinski definition) is 1. The summed E-state index contributed by atoms with van der Waals surface area (Å²) < 4.78 is 45.2. The van der Waals surface area contributed by atoms with E-state index in [9.17, 15) is 22.8 Å². The van der Waals surface area contributed by atoms with Crippen molar-refractivity contribution in [2.45, 2.75) is 79.5 Å². The number of esters is 1. The van der Waals surface area contributed by atoms with Crippen LogP contribution in [-0.4, -0.2) is 29.3 Å². The molecule has 0 aromatic rings. The van der Waals surface area contributed by atoms with Crippen LogP contribution < -0.4 is 0 Å². The maximum absolute atomic E-state index is 13.5. The first kappa shape index (κ1) is 22.7. The van der Waals surface area contributed by atoms with E-state index >= 15 is 0 Å². The molecule has 1 unspecified atom stereocenters. The Bertz CT molecular complexity index is 415. The zero-order valence-electron chi connectivity index (χ0n) is 15.3. The van der Waals surface area contributed by atoms with Crippen molar-refractivity contribution < 1.29 is 32.6 Å². The fraction of sp³-hybridized carbons (Fsp3) is 0.882. The van der Waals surface area contributed by atoms with Gasteiger partial charge >= 0.3 is 18.1 Å². The summed E-state index contributed by atoms with van der Waals surface area (Å²) in [5.74, 6) is -3.28. The normalized spacial score (nSPS) is 14.6. The van der Waals surface area contributed by atoms with Crippen molar-refractivity contribution in [3.8, 4) is 0 Å². The molecule has 1 atom stereocenters. The largest absolute Gasteiger partial charge is 0.481 e. The lowest BCUT2D eigenvalue weighted by molar-refractivity contribution is -0.238. The average Bonchev–Trinajstić information content (AvgIpc) is 2.27. The third-order valence-corrected chi connectivity index (χ3v) is 3.30. The molecule has 7 heteroatoms. The molecule has 0 fully saturated rings. The van der Waals surface area contributed by atoms with Crippen molar-refractivity contribution in [2.24, 2.45) is 16.7 Å². The molecule has 0 saturated heterocycles. The summed E-state index contributed by atoms with van der Waals surface area (Å²) in [6.45, 7) is 11.0. The molecule has 0 aliphatic heterocycles. The third kappa shape index (κ3) is 10.5. The Balaban J connectivity index is 5.37. The van der Waals surface area contributed by atoms with E-state index in [0.29, 0.717) is 0 Å². The summed E-state index contributed by atoms with van der Waals surface area (Å²) in [5.41, 5.74) is -0.736. The van der Waals surface area contributed by atoms with Crippen LogP contribution in [0.3, 0.4) is 0 Å². The van der Waals surface area contributed by atoms with E-state index in [1.54, 1.807) is 0 Å². The van der Waals surface area contributed by atoms with E-state index in [4.69, 9.17) is 9.84 Å². The quantitative estimate of drug-likeness (QED) is 0.666. The number of hydrogen-bond acceptors (Lipinski definition) is 3. The highest BCUT2D eigenvalue weighted by Crippen LogP contribution is 2.41. The molecule has 0 spiro atoms. The van der Waals surface area contributed by atoms with E-state index in [-0.39, 0.29) is 23.7 Å². The van der Waals surface area contributed by atoms with Crippen LogP contribution in [0, 0.1) is 16.7 Å². The van der Waals surface area contributed by atoms with Gasteiger partial charge in [-0.15, -0.1) is 0 Å². The molecule has 0 aliphatic carbocycles. The lowest BCUT2D eigenvalue weighted by Crippen LogP contribution is -2.43. The second kappa shape index (κ2) is 8.21. The van der Waals surface area contributed by atoms with Crippen LogP contribution in [0.25, 0.3) is 0 Å². The molecular weight excluding hydrogens is 325 g/mol. The third-order valence-electron chi connectivity index (χ3n) is 3.30. The van der Waals surface area contributed by atoms with Crippen LogP contribution >= 0.6 is 0 Å². The number of alkyl halides is 3. The van der Waals surface area contributed by atoms with Crippen molar-refractivity contribution in [1.82, 2.24) is 0 Å². The first-order chi connectivity index (χ1) is 10.5. The summed E-state index contributed by atoms with van der Waals surface area (Å²) in [7, 11) is 0. The zero-order valence-corrected chi connectivity index (χ0v) is 15.3. The van der Waals surface area contributed by atoms with Gasteiger partial charge in [0.2, 0.25) is 0 Å². The summed E-state index contributed by atoms with van der Waals surface area (Å²) in [5, 5.41) is 8.54. The molecule has 0 amide bonds. The molecule has 0 aromatic carbocycles. The number of aliphatic carboxylic acids is 1. The highest BCUT2D eigenvalue weighted by atomic mass is 19.4. The van der Waals surface area contributed by atoms with Crippen LogP contribution in [0.5, 0.6) is 0 Å². The van der Waals surface area contributed by atoms with Crippen LogP contribution in [0.4, 0.5) is 13.2 Å². The van der Waals surface area contributed by atoms with Gasteiger partial charge in [-0.3, -0.25) is 9.59 Å². The first-order valence-electron chi connectivity index (χ1n) is 7.99. The Morgan fingerprint density at radius 2 is 1.33 bits per heavy atom. The molecular formula is C17H29F3O4. The molecule has 0 heterocycles. The Kier molecular flexibility index (Phi) is 7.77. The van der Waals surface area contributed by atoms with Gasteiger partial charge in [0, 0.05) is 5.92 Å². The van der Waals surface area contributed by atoms with Crippen molar-refractivity contribution in [3.05, 3.63) is 0 Å². The minimum Gasteiger partial charge on any atom is -0.481 e. The number of halogens is 3. The lowest BCUT2D eigenvalue weighted by Gasteiger charge is -2.36. The fourth-order valence-corrected chi connectivity index (χ4v) is 2.70. The average molecular weight is 354 g/mol. The van der Waals surface area contributed by atoms with E-state index < -0.39 is 43.0 Å². The Labute approximate surface area is 141 Å². The molecule has 142 valence electrons. The Morgan fingerprint density at radius 1 is 0.917 bits per heavy atom. The van der Waals surface area contributed by atoms with Gasteiger partial charge < -0.3 is 9.84 Å². The number of carboxylic acid groups (broad SMARTS) is 1. The molecule has 4 nitrogen and oxygen atoms in total. The predicted molar refractivity (Wildman–Crippen MR) is 84.4 cm³/mol. The van der Waals surface area contributed by atoms with Gasteiger partial charge in [0.1, 0.15) is 0 Å². The minimum absolute atomic E-state index is 0.237. The molecule has 0 rings (SSSR count). The molecule has 0 bridgehead atoms. The minimum atomic E-state index is -4.69. The van der Waals surface area contributed by atoms with Gasteiger partial charge in [-0.25, -0.2) is 0 Å². The van der Waals surface area contributed by atoms with Gasteiger partial charge in [-0.05, 0) is 23.7 Å². The van der Waals surface area contributed by atoms with Crippen molar-refractivity contribution in [2.75, 3.05) is 0 Å². The van der Waals surface area contributed by atoms with Crippen LogP contribution in [0.1, 0.15) is 67.2 Å². The predicted octanol–water partition coefficient (Wildman–Crippen LogP) is 4.81. The molecule has 0 aliphatic rings. The second-order valence-corrected chi connectivity index (χ2v) is 8.64. The second-order valence-electron chi connectivity index (χ2n) is 8.64. The van der Waals surface area contributed by atoms with Crippen LogP contribution in [-0.2, 0) is 14.3 Å². The summed E-state index contributed by atoms with van der Waals surface area (Å²) in [6, 6.07) is 0. The van der Waals surface area contributed by atoms with E-state index in [2.05, 4.69) is 0 Å². The Hall–Kier alpha value is -1.27. The first-order valence-corrected chi connectivity index (χ1v) is 7.99. The molecule has 0 radical (unpaired) electrons. The molecule has 1 N–H and O–H groups in total. The van der Waals surface area contributed by atoms with Gasteiger partial charge in [-0.1, -0.05) is 41.5 Å². The highest BCUT2D eigenvalue weighted by molar-refractivity contribution is 5.76. The highest BCUT2D eigenvalue weighted by Gasteiger charge is 2.49. The van der Waals surface area contributed by atoms with Crippen molar-refractivity contribution >= 4 is 11.9 Å². The van der Waals surface area contributed by atoms with E-state index in [0.717, 1.165) is 0 Å². The van der Waals surface area contributed by atoms with E-state index in [1.165, 1.54) is 0 Å². The van der Waals surface area contributed by atoms with Crippen molar-refractivity contribution in [3.63, 3.8) is 0 Å². The number of carboxylic acids is 1. The summed E-state index contributed by atoms with van der Waals surface area (Å²) >= 11 is 0. The summed E-state index contributed by atoms with van der Waals surface area (Å²) in [4.78, 5) is 22.1. The number of rotatable bonds is 7. The smallest absolute Gasteiger partial charge is 0.425 e. The standard InChI is InChI=1S/C17H29F3O4/c1-15(2,3)9-11(10-16(4,5)6)14(17(18,19)20)24-13(23)8-7-12(21)22/h11,14H,7-10H2,1-6H3,(H,21,22). The van der Waals surface area contributed by atoms with Gasteiger partial charge in [0.15, 0.2) is 6.10 Å². The molecule has 24 heavy (non-hydrogen) atoms. The molecule has 0 saturated carbocycles. The summed E-state index contributed by atoms with van der Waals surface area (Å²) in [6.07, 6.45) is -7.56. The number of carbonyl (C=O) groups excluding carboxylic acids is 1. The maximum atomic E-state index is 13.5.